The van der Waals surface area contributed by atoms with Gasteiger partial charge in [-0.25, -0.2) is 0 Å². The van der Waals surface area contributed by atoms with Crippen LogP contribution >= 0.6 is 0 Å². The monoisotopic (exact) mass is 233 g/mol. The molecule has 2 rings (SSSR count). The summed E-state index contributed by atoms with van der Waals surface area (Å²) in [6.45, 7) is 6.31. The van der Waals surface area contributed by atoms with E-state index < -0.39 is 0 Å². The molecule has 1 atom stereocenters. The maximum atomic E-state index is 10.6. The van der Waals surface area contributed by atoms with E-state index in [0.29, 0.717) is 0 Å². The molecule has 1 aliphatic rings. The SMILES string of the molecule is [CH2]C(c1ccc([N+](=O)[O-])cc1)N1CCCCC1. The molecule has 17 heavy (non-hydrogen) atoms. The molecular weight excluding hydrogens is 216 g/mol. The number of hydrogen-bond donors (Lipinski definition) is 0. The lowest BCUT2D eigenvalue weighted by Crippen LogP contribution is -2.32. The molecule has 1 aliphatic heterocycles. The number of non-ortho nitro benzene ring substituents is 1. The lowest BCUT2D eigenvalue weighted by atomic mass is 10.0. The van der Waals surface area contributed by atoms with Gasteiger partial charge < -0.3 is 0 Å². The molecule has 0 bridgehead atoms. The summed E-state index contributed by atoms with van der Waals surface area (Å²) in [5.41, 5.74) is 1.19. The molecule has 1 fully saturated rings. The van der Waals surface area contributed by atoms with Crippen molar-refractivity contribution in [1.82, 2.24) is 4.90 Å². The number of piperidine rings is 1. The van der Waals surface area contributed by atoms with Gasteiger partial charge in [0.15, 0.2) is 0 Å². The number of nitrogens with zero attached hydrogens (tertiary/aromatic N) is 2. The third kappa shape index (κ3) is 2.82. The van der Waals surface area contributed by atoms with E-state index in [1.807, 2.05) is 12.1 Å². The van der Waals surface area contributed by atoms with Gasteiger partial charge in [-0.2, -0.15) is 0 Å². The molecule has 0 aromatic heterocycles. The molecule has 91 valence electrons. The second kappa shape index (κ2) is 5.27. The molecule has 0 spiro atoms. The van der Waals surface area contributed by atoms with Crippen LogP contribution in [0, 0.1) is 17.0 Å². The Kier molecular flexibility index (Phi) is 3.74. The molecule has 0 N–H and O–H groups in total. The Balaban J connectivity index is 2.07. The van der Waals surface area contributed by atoms with Gasteiger partial charge in [-0.05, 0) is 38.4 Å². The average molecular weight is 233 g/mol. The normalized spacial score (nSPS) is 18.9. The Hall–Kier alpha value is -1.42. The van der Waals surface area contributed by atoms with Gasteiger partial charge in [0, 0.05) is 18.2 Å². The Bertz CT molecular complexity index is 383. The molecule has 1 radical (unpaired) electrons. The van der Waals surface area contributed by atoms with Crippen LogP contribution in [0.25, 0.3) is 0 Å². The Morgan fingerprint density at radius 1 is 1.18 bits per heavy atom. The van der Waals surface area contributed by atoms with Crippen molar-refractivity contribution < 1.29 is 4.92 Å². The highest BCUT2D eigenvalue weighted by atomic mass is 16.6. The Morgan fingerprint density at radius 2 is 1.76 bits per heavy atom. The van der Waals surface area contributed by atoms with Crippen molar-refractivity contribution in [3.63, 3.8) is 0 Å². The molecule has 1 unspecified atom stereocenters. The van der Waals surface area contributed by atoms with Gasteiger partial charge in [0.1, 0.15) is 0 Å². The van der Waals surface area contributed by atoms with Crippen LogP contribution in [0.4, 0.5) is 5.69 Å². The van der Waals surface area contributed by atoms with Gasteiger partial charge in [0.2, 0.25) is 0 Å². The molecular formula is C13H17N2O2. The van der Waals surface area contributed by atoms with Crippen molar-refractivity contribution in [2.75, 3.05) is 13.1 Å². The topological polar surface area (TPSA) is 46.4 Å². The van der Waals surface area contributed by atoms with E-state index in [9.17, 15) is 10.1 Å². The predicted molar refractivity (Wildman–Crippen MR) is 66.6 cm³/mol. The first-order valence-electron chi connectivity index (χ1n) is 6.00. The van der Waals surface area contributed by atoms with Gasteiger partial charge in [-0.3, -0.25) is 15.0 Å². The van der Waals surface area contributed by atoms with E-state index in [1.54, 1.807) is 12.1 Å². The molecule has 0 saturated carbocycles. The number of rotatable bonds is 3. The fourth-order valence-electron chi connectivity index (χ4n) is 2.26. The number of nitro groups is 1. The highest BCUT2D eigenvalue weighted by Crippen LogP contribution is 2.25. The molecule has 1 aromatic rings. The van der Waals surface area contributed by atoms with E-state index >= 15 is 0 Å². The number of benzene rings is 1. The zero-order valence-electron chi connectivity index (χ0n) is 9.84. The summed E-state index contributed by atoms with van der Waals surface area (Å²) < 4.78 is 0. The van der Waals surface area contributed by atoms with Gasteiger partial charge in [0.25, 0.3) is 5.69 Å². The third-order valence-electron chi connectivity index (χ3n) is 3.32. The van der Waals surface area contributed by atoms with E-state index in [4.69, 9.17) is 0 Å². The van der Waals surface area contributed by atoms with Crippen LogP contribution in [-0.2, 0) is 0 Å². The summed E-state index contributed by atoms with van der Waals surface area (Å²) >= 11 is 0. The number of likely N-dealkylation sites (tertiary alicyclic amines) is 1. The second-order valence-corrected chi connectivity index (χ2v) is 4.46. The molecule has 1 aromatic carbocycles. The summed E-state index contributed by atoms with van der Waals surface area (Å²) in [4.78, 5) is 12.5. The average Bonchev–Trinajstić information content (AvgIpc) is 2.39. The van der Waals surface area contributed by atoms with E-state index in [1.165, 1.54) is 19.3 Å². The van der Waals surface area contributed by atoms with Crippen molar-refractivity contribution in [3.05, 3.63) is 46.9 Å². The summed E-state index contributed by atoms with van der Waals surface area (Å²) in [5, 5.41) is 10.6. The standard InChI is InChI=1S/C13H17N2O2/c1-11(14-9-3-2-4-10-14)12-5-7-13(8-6-12)15(16)17/h5-8,11H,1-4,9-10H2. The van der Waals surface area contributed by atoms with Crippen molar-refractivity contribution in [1.29, 1.82) is 0 Å². The van der Waals surface area contributed by atoms with Crippen molar-refractivity contribution >= 4 is 5.69 Å². The van der Waals surface area contributed by atoms with E-state index in [0.717, 1.165) is 18.7 Å². The van der Waals surface area contributed by atoms with Gasteiger partial charge in [-0.15, -0.1) is 0 Å². The predicted octanol–water partition coefficient (Wildman–Crippen LogP) is 2.96. The second-order valence-electron chi connectivity index (χ2n) is 4.46. The van der Waals surface area contributed by atoms with Crippen molar-refractivity contribution in [3.8, 4) is 0 Å². The molecule has 0 aliphatic carbocycles. The number of hydrogen-bond acceptors (Lipinski definition) is 3. The number of nitro benzene ring substituents is 1. The van der Waals surface area contributed by atoms with Crippen LogP contribution in [0.5, 0.6) is 0 Å². The smallest absolute Gasteiger partial charge is 0.269 e. The maximum absolute atomic E-state index is 10.6. The largest absolute Gasteiger partial charge is 0.296 e. The third-order valence-corrected chi connectivity index (χ3v) is 3.32. The molecule has 0 amide bonds. The first-order valence-corrected chi connectivity index (χ1v) is 6.00. The van der Waals surface area contributed by atoms with E-state index in [2.05, 4.69) is 11.8 Å². The lowest BCUT2D eigenvalue weighted by molar-refractivity contribution is -0.384. The molecule has 4 heteroatoms. The quantitative estimate of drug-likeness (QED) is 0.595. The van der Waals surface area contributed by atoms with Gasteiger partial charge in [-0.1, -0.05) is 18.6 Å². The summed E-state index contributed by atoms with van der Waals surface area (Å²) in [5.74, 6) is 0. The highest BCUT2D eigenvalue weighted by Gasteiger charge is 2.18. The summed E-state index contributed by atoms with van der Waals surface area (Å²) in [7, 11) is 0. The summed E-state index contributed by atoms with van der Waals surface area (Å²) in [6, 6.07) is 6.83. The minimum absolute atomic E-state index is 0.108. The highest BCUT2D eigenvalue weighted by molar-refractivity contribution is 5.34. The molecule has 1 saturated heterocycles. The van der Waals surface area contributed by atoms with Gasteiger partial charge in [0.05, 0.1) is 4.92 Å². The van der Waals surface area contributed by atoms with Crippen LogP contribution in [0.2, 0.25) is 0 Å². The first kappa shape index (κ1) is 12.0. The zero-order chi connectivity index (χ0) is 12.3. The fraction of sp³-hybridized carbons (Fsp3) is 0.462. The first-order chi connectivity index (χ1) is 8.18. The van der Waals surface area contributed by atoms with Crippen molar-refractivity contribution in [2.45, 2.75) is 25.3 Å². The van der Waals surface area contributed by atoms with E-state index in [-0.39, 0.29) is 16.7 Å². The van der Waals surface area contributed by atoms with Crippen LogP contribution < -0.4 is 0 Å². The Morgan fingerprint density at radius 3 is 2.29 bits per heavy atom. The maximum Gasteiger partial charge on any atom is 0.269 e. The molecule has 4 nitrogen and oxygen atoms in total. The van der Waals surface area contributed by atoms with Crippen LogP contribution in [0.1, 0.15) is 30.9 Å². The minimum Gasteiger partial charge on any atom is -0.296 e. The summed E-state index contributed by atoms with van der Waals surface area (Å²) in [6.07, 6.45) is 3.74. The minimum atomic E-state index is -0.372. The lowest BCUT2D eigenvalue weighted by Gasteiger charge is -2.32. The molecule has 1 heterocycles. The fourth-order valence-corrected chi connectivity index (χ4v) is 2.26. The van der Waals surface area contributed by atoms with Gasteiger partial charge >= 0.3 is 0 Å². The van der Waals surface area contributed by atoms with Crippen LogP contribution in [0.15, 0.2) is 24.3 Å². The van der Waals surface area contributed by atoms with Crippen molar-refractivity contribution in [2.24, 2.45) is 0 Å². The zero-order valence-corrected chi connectivity index (χ0v) is 9.84. The van der Waals surface area contributed by atoms with Crippen LogP contribution in [0.3, 0.4) is 0 Å². The van der Waals surface area contributed by atoms with Crippen LogP contribution in [-0.4, -0.2) is 22.9 Å². The Labute approximate surface area is 101 Å².